The maximum atomic E-state index is 12.3. The maximum Gasteiger partial charge on any atom is 0.133 e. The molecule has 2 atom stereocenters. The van der Waals surface area contributed by atoms with Crippen molar-refractivity contribution in [3.8, 4) is 0 Å². The van der Waals surface area contributed by atoms with E-state index < -0.39 is 0 Å². The summed E-state index contributed by atoms with van der Waals surface area (Å²) in [7, 11) is 0. The summed E-state index contributed by atoms with van der Waals surface area (Å²) in [5, 5.41) is 0. The minimum atomic E-state index is 0.134. The van der Waals surface area contributed by atoms with E-state index in [2.05, 4.69) is 55.4 Å². The van der Waals surface area contributed by atoms with Gasteiger partial charge in [-0.2, -0.15) is 0 Å². The van der Waals surface area contributed by atoms with E-state index in [-0.39, 0.29) is 16.2 Å². The molecule has 0 radical (unpaired) electrons. The molecule has 2 heteroatoms. The van der Waals surface area contributed by atoms with E-state index in [0.717, 1.165) is 19.3 Å². The van der Waals surface area contributed by atoms with Gasteiger partial charge >= 0.3 is 0 Å². The molecule has 0 unspecified atom stereocenters. The van der Waals surface area contributed by atoms with Crippen molar-refractivity contribution >= 4 is 11.6 Å². The van der Waals surface area contributed by atoms with Crippen LogP contribution in [-0.2, 0) is 9.59 Å². The molecule has 0 aromatic heterocycles. The fraction of sp³-hybridized carbons (Fsp3) is 0.909. The lowest BCUT2D eigenvalue weighted by Crippen LogP contribution is -2.46. The highest BCUT2D eigenvalue weighted by Crippen LogP contribution is 2.54. The smallest absolute Gasteiger partial charge is 0.133 e. The second-order valence-corrected chi connectivity index (χ2v) is 11.1. The number of hydrogen-bond acceptors (Lipinski definition) is 2. The first-order valence-corrected chi connectivity index (χ1v) is 9.74. The molecule has 0 N–H and O–H groups in total. The van der Waals surface area contributed by atoms with Crippen molar-refractivity contribution < 1.29 is 9.59 Å². The normalized spacial score (nSPS) is 23.7. The Bertz CT molecular complexity index is 406. The molecule has 24 heavy (non-hydrogen) atoms. The van der Waals surface area contributed by atoms with Gasteiger partial charge in [0.15, 0.2) is 0 Å². The van der Waals surface area contributed by atoms with Crippen LogP contribution in [-0.4, -0.2) is 11.6 Å². The van der Waals surface area contributed by atoms with E-state index in [0.29, 0.717) is 49.1 Å². The SMILES string of the molecule is CC(C)(C)CCC(=O)C[C@@H]1C[C@H](CC(=O)CCC(C)(C)C)C1(C)C. The minimum absolute atomic E-state index is 0.134. The second kappa shape index (κ2) is 7.70. The molecule has 1 aliphatic carbocycles. The van der Waals surface area contributed by atoms with E-state index in [1.54, 1.807) is 0 Å². The highest BCUT2D eigenvalue weighted by Gasteiger charge is 2.48. The van der Waals surface area contributed by atoms with Crippen LogP contribution >= 0.6 is 0 Å². The molecular formula is C22H40O2. The van der Waals surface area contributed by atoms with Gasteiger partial charge in [-0.05, 0) is 47.3 Å². The third-order valence-corrected chi connectivity index (χ3v) is 5.93. The van der Waals surface area contributed by atoms with Crippen LogP contribution in [0.3, 0.4) is 0 Å². The minimum Gasteiger partial charge on any atom is -0.300 e. The lowest BCUT2D eigenvalue weighted by Gasteiger charge is -2.52. The van der Waals surface area contributed by atoms with Crippen LogP contribution in [0.5, 0.6) is 0 Å². The molecule has 0 amide bonds. The predicted octanol–water partition coefficient (Wildman–Crippen LogP) is 6.22. The molecular weight excluding hydrogens is 296 g/mol. The van der Waals surface area contributed by atoms with Crippen LogP contribution < -0.4 is 0 Å². The zero-order valence-electron chi connectivity index (χ0n) is 17.4. The lowest BCUT2D eigenvalue weighted by molar-refractivity contribution is -0.130. The van der Waals surface area contributed by atoms with Crippen LogP contribution in [0, 0.1) is 28.1 Å². The zero-order valence-corrected chi connectivity index (χ0v) is 17.4. The summed E-state index contributed by atoms with van der Waals surface area (Å²) >= 11 is 0. The van der Waals surface area contributed by atoms with Crippen molar-refractivity contribution in [1.82, 2.24) is 0 Å². The average Bonchev–Trinajstić information content (AvgIpc) is 2.40. The maximum absolute atomic E-state index is 12.3. The van der Waals surface area contributed by atoms with E-state index in [1.807, 2.05) is 0 Å². The van der Waals surface area contributed by atoms with Crippen molar-refractivity contribution in [2.24, 2.45) is 28.1 Å². The molecule has 0 aromatic carbocycles. The molecule has 1 saturated carbocycles. The molecule has 0 aromatic rings. The lowest BCUT2D eigenvalue weighted by atomic mass is 9.52. The Hall–Kier alpha value is -0.660. The van der Waals surface area contributed by atoms with Gasteiger partial charge in [0.05, 0.1) is 0 Å². The van der Waals surface area contributed by atoms with Gasteiger partial charge in [0.1, 0.15) is 11.6 Å². The van der Waals surface area contributed by atoms with E-state index in [1.165, 1.54) is 0 Å². The van der Waals surface area contributed by atoms with Gasteiger partial charge in [0.25, 0.3) is 0 Å². The Morgan fingerprint density at radius 3 is 1.38 bits per heavy atom. The number of rotatable bonds is 8. The first kappa shape index (κ1) is 21.4. The highest BCUT2D eigenvalue weighted by molar-refractivity contribution is 5.80. The largest absolute Gasteiger partial charge is 0.300 e. The van der Waals surface area contributed by atoms with Crippen molar-refractivity contribution in [3.05, 3.63) is 0 Å². The average molecular weight is 337 g/mol. The zero-order chi connectivity index (χ0) is 18.8. The number of Topliss-reactive ketones (excluding diaryl/α,β-unsaturated/α-hetero) is 2. The van der Waals surface area contributed by atoms with Gasteiger partial charge < -0.3 is 0 Å². The fourth-order valence-corrected chi connectivity index (χ4v) is 3.60. The number of ketones is 2. The number of carbonyl (C=O) groups is 2. The van der Waals surface area contributed by atoms with Crippen LogP contribution in [0.25, 0.3) is 0 Å². The number of carbonyl (C=O) groups excluding carboxylic acids is 2. The third kappa shape index (κ3) is 7.07. The van der Waals surface area contributed by atoms with Gasteiger partial charge in [-0.15, -0.1) is 0 Å². The van der Waals surface area contributed by atoms with E-state index >= 15 is 0 Å². The molecule has 0 spiro atoms. The molecule has 0 bridgehead atoms. The Kier molecular flexibility index (Phi) is 6.86. The molecule has 0 aliphatic heterocycles. The molecule has 0 heterocycles. The highest BCUT2D eigenvalue weighted by atomic mass is 16.1. The summed E-state index contributed by atoms with van der Waals surface area (Å²) in [4.78, 5) is 24.5. The van der Waals surface area contributed by atoms with Gasteiger partial charge in [0.2, 0.25) is 0 Å². The standard InChI is InChI=1S/C22H40O2/c1-20(2,3)11-9-18(23)14-16-13-17(22(16,7)8)15-19(24)10-12-21(4,5)6/h16-17H,9-15H2,1-8H3/t16-,17+. The predicted molar refractivity (Wildman–Crippen MR) is 102 cm³/mol. The van der Waals surface area contributed by atoms with Crippen LogP contribution in [0.15, 0.2) is 0 Å². The Morgan fingerprint density at radius 1 is 0.792 bits per heavy atom. The van der Waals surface area contributed by atoms with Crippen molar-refractivity contribution in [3.63, 3.8) is 0 Å². The quantitative estimate of drug-likeness (QED) is 0.527. The second-order valence-electron chi connectivity index (χ2n) is 11.1. The van der Waals surface area contributed by atoms with Crippen LogP contribution in [0.1, 0.15) is 100 Å². The molecule has 2 nitrogen and oxygen atoms in total. The first-order chi connectivity index (χ1) is 10.7. The third-order valence-electron chi connectivity index (χ3n) is 5.93. The first-order valence-electron chi connectivity index (χ1n) is 9.74. The Balaban J connectivity index is 2.39. The molecule has 0 saturated heterocycles. The fourth-order valence-electron chi connectivity index (χ4n) is 3.60. The molecule has 1 rings (SSSR count). The van der Waals surface area contributed by atoms with E-state index in [4.69, 9.17) is 0 Å². The molecule has 1 aliphatic rings. The van der Waals surface area contributed by atoms with Gasteiger partial charge in [-0.1, -0.05) is 55.4 Å². The van der Waals surface area contributed by atoms with Gasteiger partial charge in [-0.3, -0.25) is 9.59 Å². The summed E-state index contributed by atoms with van der Waals surface area (Å²) < 4.78 is 0. The van der Waals surface area contributed by atoms with Gasteiger partial charge in [0, 0.05) is 25.7 Å². The summed E-state index contributed by atoms with van der Waals surface area (Å²) in [6.45, 7) is 17.6. The van der Waals surface area contributed by atoms with Crippen molar-refractivity contribution in [2.75, 3.05) is 0 Å². The summed E-state index contributed by atoms with van der Waals surface area (Å²) in [6, 6.07) is 0. The number of hydrogen-bond donors (Lipinski definition) is 0. The monoisotopic (exact) mass is 336 g/mol. The van der Waals surface area contributed by atoms with E-state index in [9.17, 15) is 9.59 Å². The van der Waals surface area contributed by atoms with Crippen molar-refractivity contribution in [1.29, 1.82) is 0 Å². The van der Waals surface area contributed by atoms with Crippen molar-refractivity contribution in [2.45, 2.75) is 100 Å². The topological polar surface area (TPSA) is 34.1 Å². The molecule has 1 fully saturated rings. The van der Waals surface area contributed by atoms with Crippen LogP contribution in [0.2, 0.25) is 0 Å². The molecule has 140 valence electrons. The summed E-state index contributed by atoms with van der Waals surface area (Å²) in [5.74, 6) is 1.73. The van der Waals surface area contributed by atoms with Crippen LogP contribution in [0.4, 0.5) is 0 Å². The Morgan fingerprint density at radius 2 is 1.12 bits per heavy atom. The summed E-state index contributed by atoms with van der Waals surface area (Å²) in [6.07, 6.45) is 5.79. The van der Waals surface area contributed by atoms with Gasteiger partial charge in [-0.25, -0.2) is 0 Å². The Labute approximate surface area is 150 Å². The summed E-state index contributed by atoms with van der Waals surface area (Å²) in [5.41, 5.74) is 0.592.